The molecule has 168 valence electrons. The molecule has 2 saturated heterocycles. The molecule has 0 radical (unpaired) electrons. The Balaban J connectivity index is 1.43. The summed E-state index contributed by atoms with van der Waals surface area (Å²) < 4.78 is 18.6. The SMILES string of the molecule is Cc1c(Cl)cnc(NC(=O)COC(=O)[C@H]2CS[C@@]3(c4ccc(F)cc4)CCC(=O)N23)c1Cl. The number of anilines is 1. The number of aromatic nitrogens is 1. The normalized spacial score (nSPS) is 22.1. The summed E-state index contributed by atoms with van der Waals surface area (Å²) in [4.78, 5) is 42.3. The fourth-order valence-electron chi connectivity index (χ4n) is 3.87. The van der Waals surface area contributed by atoms with E-state index < -0.39 is 29.4 Å². The van der Waals surface area contributed by atoms with Crippen molar-refractivity contribution in [2.75, 3.05) is 17.7 Å². The van der Waals surface area contributed by atoms with Crippen LogP contribution in [0.4, 0.5) is 10.2 Å². The van der Waals surface area contributed by atoms with Gasteiger partial charge in [-0.3, -0.25) is 9.59 Å². The number of fused-ring (bicyclic) bond motifs is 1. The standard InChI is InChI=1S/C21H18Cl2FN3O4S/c1-11-14(22)8-25-19(18(11)23)26-16(28)9-31-20(30)15-10-32-21(7-6-17(29)27(15)21)12-2-4-13(24)5-3-12/h2-5,8,15H,6-7,9-10H2,1H3,(H,25,26,28)/t15-,21-/m1/s1. The maximum Gasteiger partial charge on any atom is 0.330 e. The molecule has 32 heavy (non-hydrogen) atoms. The molecule has 2 aliphatic heterocycles. The molecule has 1 aromatic heterocycles. The van der Waals surface area contributed by atoms with Crippen LogP contribution in [0.5, 0.6) is 0 Å². The van der Waals surface area contributed by atoms with Crippen molar-refractivity contribution in [1.82, 2.24) is 9.88 Å². The van der Waals surface area contributed by atoms with Crippen LogP contribution in [0.2, 0.25) is 10.0 Å². The van der Waals surface area contributed by atoms with Crippen molar-refractivity contribution in [3.8, 4) is 0 Å². The van der Waals surface area contributed by atoms with E-state index in [1.165, 1.54) is 35.0 Å². The van der Waals surface area contributed by atoms with Gasteiger partial charge in [-0.1, -0.05) is 35.3 Å². The third-order valence-corrected chi connectivity index (χ3v) is 7.94. The number of hydrogen-bond acceptors (Lipinski definition) is 6. The first-order chi connectivity index (χ1) is 15.2. The lowest BCUT2D eigenvalue weighted by Gasteiger charge is -2.33. The summed E-state index contributed by atoms with van der Waals surface area (Å²) in [6, 6.07) is 5.07. The summed E-state index contributed by atoms with van der Waals surface area (Å²) in [5, 5.41) is 3.03. The number of nitrogens with zero attached hydrogens (tertiary/aromatic N) is 2. The van der Waals surface area contributed by atoms with Gasteiger partial charge in [-0.05, 0) is 36.6 Å². The van der Waals surface area contributed by atoms with E-state index in [0.29, 0.717) is 22.8 Å². The Bertz CT molecular complexity index is 1100. The van der Waals surface area contributed by atoms with Gasteiger partial charge < -0.3 is 15.0 Å². The van der Waals surface area contributed by atoms with Crippen molar-refractivity contribution >= 4 is 58.6 Å². The third kappa shape index (κ3) is 4.04. The molecule has 7 nitrogen and oxygen atoms in total. The van der Waals surface area contributed by atoms with Gasteiger partial charge in [0.25, 0.3) is 5.91 Å². The Morgan fingerprint density at radius 2 is 2.06 bits per heavy atom. The number of hydrogen-bond donors (Lipinski definition) is 1. The molecule has 0 bridgehead atoms. The zero-order valence-electron chi connectivity index (χ0n) is 16.9. The van der Waals surface area contributed by atoms with E-state index >= 15 is 0 Å². The van der Waals surface area contributed by atoms with E-state index in [-0.39, 0.29) is 29.0 Å². The first-order valence-electron chi connectivity index (χ1n) is 9.72. The summed E-state index contributed by atoms with van der Waals surface area (Å²) in [6.07, 6.45) is 2.13. The molecule has 0 aliphatic carbocycles. The van der Waals surface area contributed by atoms with Gasteiger partial charge >= 0.3 is 5.97 Å². The molecule has 2 atom stereocenters. The molecule has 2 aliphatic rings. The van der Waals surface area contributed by atoms with E-state index in [1.807, 2.05) is 0 Å². The predicted octanol–water partition coefficient (Wildman–Crippen LogP) is 3.91. The van der Waals surface area contributed by atoms with Crippen LogP contribution in [-0.4, -0.2) is 46.1 Å². The Morgan fingerprint density at radius 1 is 1.34 bits per heavy atom. The number of esters is 1. The van der Waals surface area contributed by atoms with Gasteiger partial charge in [0.2, 0.25) is 5.91 Å². The molecule has 0 unspecified atom stereocenters. The Labute approximate surface area is 197 Å². The second-order valence-corrected chi connectivity index (χ2v) is 9.51. The summed E-state index contributed by atoms with van der Waals surface area (Å²) >= 11 is 13.5. The van der Waals surface area contributed by atoms with Crippen LogP contribution in [0, 0.1) is 12.7 Å². The predicted molar refractivity (Wildman–Crippen MR) is 119 cm³/mol. The summed E-state index contributed by atoms with van der Waals surface area (Å²) in [7, 11) is 0. The molecule has 0 saturated carbocycles. The number of benzene rings is 1. The van der Waals surface area contributed by atoms with Gasteiger partial charge in [-0.15, -0.1) is 11.8 Å². The monoisotopic (exact) mass is 497 g/mol. The van der Waals surface area contributed by atoms with Crippen LogP contribution in [0.1, 0.15) is 24.0 Å². The molecular formula is C21H18Cl2FN3O4S. The maximum absolute atomic E-state index is 13.4. The van der Waals surface area contributed by atoms with Crippen molar-refractivity contribution < 1.29 is 23.5 Å². The minimum absolute atomic E-state index is 0.107. The van der Waals surface area contributed by atoms with Crippen LogP contribution < -0.4 is 5.32 Å². The second-order valence-electron chi connectivity index (χ2n) is 7.43. The Hall–Kier alpha value is -2.36. The zero-order chi connectivity index (χ0) is 23.0. The highest BCUT2D eigenvalue weighted by molar-refractivity contribution is 8.00. The number of carbonyl (C=O) groups is 3. The van der Waals surface area contributed by atoms with Crippen LogP contribution in [0.25, 0.3) is 0 Å². The van der Waals surface area contributed by atoms with E-state index in [1.54, 1.807) is 19.1 Å². The van der Waals surface area contributed by atoms with Crippen molar-refractivity contribution in [1.29, 1.82) is 0 Å². The lowest BCUT2D eigenvalue weighted by molar-refractivity contribution is -0.155. The maximum atomic E-state index is 13.4. The van der Waals surface area contributed by atoms with Gasteiger partial charge in [0.1, 0.15) is 16.7 Å². The van der Waals surface area contributed by atoms with Crippen LogP contribution in [0.3, 0.4) is 0 Å². The summed E-state index contributed by atoms with van der Waals surface area (Å²) in [5.74, 6) is -1.45. The summed E-state index contributed by atoms with van der Waals surface area (Å²) in [5.41, 5.74) is 1.31. The molecule has 2 aromatic rings. The van der Waals surface area contributed by atoms with Crippen LogP contribution in [0.15, 0.2) is 30.5 Å². The van der Waals surface area contributed by atoms with E-state index in [2.05, 4.69) is 10.3 Å². The molecule has 0 spiro atoms. The quantitative estimate of drug-likeness (QED) is 0.630. The van der Waals surface area contributed by atoms with Crippen molar-refractivity contribution in [3.05, 3.63) is 57.5 Å². The number of ether oxygens (including phenoxy) is 1. The fourth-order valence-corrected chi connectivity index (χ4v) is 5.90. The highest BCUT2D eigenvalue weighted by atomic mass is 35.5. The van der Waals surface area contributed by atoms with Crippen molar-refractivity contribution in [2.24, 2.45) is 0 Å². The molecule has 2 fully saturated rings. The number of halogens is 3. The van der Waals surface area contributed by atoms with Crippen LogP contribution >= 0.6 is 35.0 Å². The van der Waals surface area contributed by atoms with Crippen molar-refractivity contribution in [2.45, 2.75) is 30.7 Å². The number of thioether (sulfide) groups is 1. The van der Waals surface area contributed by atoms with Crippen molar-refractivity contribution in [3.63, 3.8) is 0 Å². The topological polar surface area (TPSA) is 88.6 Å². The lowest BCUT2D eigenvalue weighted by atomic mass is 10.0. The number of rotatable bonds is 5. The lowest BCUT2D eigenvalue weighted by Crippen LogP contribution is -2.47. The molecule has 1 aromatic carbocycles. The van der Waals surface area contributed by atoms with E-state index in [0.717, 1.165) is 5.56 Å². The second kappa shape index (κ2) is 8.88. The third-order valence-electron chi connectivity index (χ3n) is 5.50. The molecule has 2 amide bonds. The molecular weight excluding hydrogens is 480 g/mol. The Morgan fingerprint density at radius 3 is 2.78 bits per heavy atom. The molecule has 4 rings (SSSR count). The van der Waals surface area contributed by atoms with Crippen LogP contribution in [-0.2, 0) is 24.0 Å². The fraction of sp³-hybridized carbons (Fsp3) is 0.333. The zero-order valence-corrected chi connectivity index (χ0v) is 19.2. The van der Waals surface area contributed by atoms with Gasteiger partial charge in [-0.25, -0.2) is 14.2 Å². The van der Waals surface area contributed by atoms with Gasteiger partial charge in [-0.2, -0.15) is 0 Å². The number of carbonyl (C=O) groups excluding carboxylic acids is 3. The largest absolute Gasteiger partial charge is 0.454 e. The van der Waals surface area contributed by atoms with Gasteiger partial charge in [0, 0.05) is 18.4 Å². The number of nitrogens with one attached hydrogen (secondary N) is 1. The highest BCUT2D eigenvalue weighted by Gasteiger charge is 2.57. The van der Waals surface area contributed by atoms with Gasteiger partial charge in [0.05, 0.1) is 10.0 Å². The average molecular weight is 498 g/mol. The smallest absolute Gasteiger partial charge is 0.330 e. The first-order valence-corrected chi connectivity index (χ1v) is 11.5. The molecule has 1 N–H and O–H groups in total. The minimum atomic E-state index is -0.840. The first kappa shape index (κ1) is 22.8. The molecule has 11 heteroatoms. The van der Waals surface area contributed by atoms with Gasteiger partial charge in [0.15, 0.2) is 12.4 Å². The average Bonchev–Trinajstić information content (AvgIpc) is 3.32. The minimum Gasteiger partial charge on any atom is -0.454 e. The van der Waals surface area contributed by atoms with E-state index in [4.69, 9.17) is 27.9 Å². The van der Waals surface area contributed by atoms with E-state index in [9.17, 15) is 18.8 Å². The molecule has 3 heterocycles. The number of pyridine rings is 1. The highest BCUT2D eigenvalue weighted by Crippen LogP contribution is 2.54. The Kier molecular flexibility index (Phi) is 6.33. The summed E-state index contributed by atoms with van der Waals surface area (Å²) in [6.45, 7) is 1.12. The number of amides is 2.